The predicted molar refractivity (Wildman–Crippen MR) is 260 cm³/mol. The first kappa shape index (κ1) is 56.5. The van der Waals surface area contributed by atoms with Crippen LogP contribution in [0, 0.1) is 0 Å². The molecule has 1 atom stereocenters. The fourth-order valence-electron chi connectivity index (χ4n) is 5.64. The van der Waals surface area contributed by atoms with E-state index >= 15 is 0 Å². The molecular formula is C55H84O6. The third-order valence-corrected chi connectivity index (χ3v) is 9.15. The number of rotatable bonds is 40. The van der Waals surface area contributed by atoms with E-state index in [1.54, 1.807) is 0 Å². The number of unbranched alkanes of at least 4 members (excludes halogenated alkanes) is 7. The van der Waals surface area contributed by atoms with Crippen LogP contribution in [-0.4, -0.2) is 37.2 Å². The highest BCUT2D eigenvalue weighted by molar-refractivity contribution is 5.71. The Morgan fingerprint density at radius 1 is 0.344 bits per heavy atom. The molecule has 0 rings (SSSR count). The van der Waals surface area contributed by atoms with Crippen LogP contribution in [-0.2, 0) is 28.6 Å². The van der Waals surface area contributed by atoms with Gasteiger partial charge in [-0.15, -0.1) is 0 Å². The van der Waals surface area contributed by atoms with Crippen LogP contribution in [0.5, 0.6) is 0 Å². The van der Waals surface area contributed by atoms with Crippen molar-refractivity contribution in [3.05, 3.63) is 134 Å². The van der Waals surface area contributed by atoms with Gasteiger partial charge >= 0.3 is 17.9 Å². The minimum Gasteiger partial charge on any atom is -0.462 e. The first-order chi connectivity index (χ1) is 30.0. The molecule has 0 amide bonds. The van der Waals surface area contributed by atoms with Crippen molar-refractivity contribution in [3.63, 3.8) is 0 Å². The number of carbonyl (C=O) groups excluding carboxylic acids is 3. The molecule has 6 heteroatoms. The zero-order valence-corrected chi connectivity index (χ0v) is 38.6. The molecule has 0 bridgehead atoms. The smallest absolute Gasteiger partial charge is 0.306 e. The molecule has 0 saturated heterocycles. The first-order valence-electron chi connectivity index (χ1n) is 23.7. The monoisotopic (exact) mass is 841 g/mol. The molecule has 0 aromatic rings. The van der Waals surface area contributed by atoms with Gasteiger partial charge in [-0.2, -0.15) is 0 Å². The lowest BCUT2D eigenvalue weighted by Gasteiger charge is -2.18. The molecular weight excluding hydrogens is 757 g/mol. The van der Waals surface area contributed by atoms with E-state index in [0.29, 0.717) is 19.3 Å². The molecule has 0 N–H and O–H groups in total. The van der Waals surface area contributed by atoms with Crippen molar-refractivity contribution in [1.82, 2.24) is 0 Å². The molecule has 0 saturated carbocycles. The van der Waals surface area contributed by atoms with Crippen LogP contribution >= 0.6 is 0 Å². The standard InChI is InChI=1S/C55H84O6/c1-4-7-10-13-16-19-22-24-26-28-30-33-36-39-42-45-48-54(57)60-51-52(50-59-53(56)47-44-41-38-35-32-21-18-15-12-9-6-3)61-55(58)49-46-43-40-37-34-31-29-27-25-23-20-17-14-11-8-5-2/h7-8,10-11,15-20,24-27,30-31,33-34,39-40,42-43,52H,4-6,9,12-14,21-23,28-29,32,35-38,41,44-51H2,1-3H3/b10-7-,11-8-,18-15-,19-16-,20-17-,26-24-,27-25-,33-30-,34-31-,42-39-,43-40-. The summed E-state index contributed by atoms with van der Waals surface area (Å²) in [6.45, 7) is 6.19. The Morgan fingerprint density at radius 3 is 1.10 bits per heavy atom. The van der Waals surface area contributed by atoms with Crippen molar-refractivity contribution in [3.8, 4) is 0 Å². The summed E-state index contributed by atoms with van der Waals surface area (Å²) in [6, 6.07) is 0. The van der Waals surface area contributed by atoms with Crippen molar-refractivity contribution < 1.29 is 28.6 Å². The van der Waals surface area contributed by atoms with Gasteiger partial charge in [-0.05, 0) is 103 Å². The highest BCUT2D eigenvalue weighted by atomic mass is 16.6. The van der Waals surface area contributed by atoms with E-state index in [4.69, 9.17) is 14.2 Å². The van der Waals surface area contributed by atoms with Crippen molar-refractivity contribution >= 4 is 17.9 Å². The van der Waals surface area contributed by atoms with Gasteiger partial charge in [0.25, 0.3) is 0 Å². The average Bonchev–Trinajstić information content (AvgIpc) is 3.26. The highest BCUT2D eigenvalue weighted by Crippen LogP contribution is 2.10. The van der Waals surface area contributed by atoms with Crippen molar-refractivity contribution in [2.75, 3.05) is 13.2 Å². The highest BCUT2D eigenvalue weighted by Gasteiger charge is 2.19. The molecule has 0 fully saturated rings. The fourth-order valence-corrected chi connectivity index (χ4v) is 5.64. The summed E-state index contributed by atoms with van der Waals surface area (Å²) in [7, 11) is 0. The van der Waals surface area contributed by atoms with Crippen molar-refractivity contribution in [2.24, 2.45) is 0 Å². The van der Waals surface area contributed by atoms with Gasteiger partial charge in [-0.3, -0.25) is 14.4 Å². The van der Waals surface area contributed by atoms with Crippen LogP contribution in [0.3, 0.4) is 0 Å². The minimum absolute atomic E-state index is 0.140. The second kappa shape index (κ2) is 48.2. The van der Waals surface area contributed by atoms with E-state index in [1.807, 2.05) is 24.3 Å². The summed E-state index contributed by atoms with van der Waals surface area (Å²) in [6.07, 6.45) is 67.4. The maximum Gasteiger partial charge on any atom is 0.306 e. The summed E-state index contributed by atoms with van der Waals surface area (Å²) < 4.78 is 16.6. The number of hydrogen-bond donors (Lipinski definition) is 0. The molecule has 61 heavy (non-hydrogen) atoms. The molecule has 340 valence electrons. The van der Waals surface area contributed by atoms with Crippen LogP contribution in [0.15, 0.2) is 134 Å². The maximum absolute atomic E-state index is 12.7. The zero-order chi connectivity index (χ0) is 44.4. The van der Waals surface area contributed by atoms with Gasteiger partial charge < -0.3 is 14.2 Å². The molecule has 0 aliphatic rings. The summed E-state index contributed by atoms with van der Waals surface area (Å²) in [5, 5.41) is 0. The van der Waals surface area contributed by atoms with Crippen LogP contribution < -0.4 is 0 Å². The third kappa shape index (κ3) is 46.5. The molecule has 6 nitrogen and oxygen atoms in total. The Hall–Kier alpha value is -4.45. The Labute approximate surface area is 373 Å². The van der Waals surface area contributed by atoms with Crippen LogP contribution in [0.2, 0.25) is 0 Å². The van der Waals surface area contributed by atoms with Crippen LogP contribution in [0.4, 0.5) is 0 Å². The lowest BCUT2D eigenvalue weighted by molar-refractivity contribution is -0.166. The molecule has 0 aromatic carbocycles. The summed E-state index contributed by atoms with van der Waals surface area (Å²) >= 11 is 0. The summed E-state index contributed by atoms with van der Waals surface area (Å²) in [5.74, 6) is -1.14. The molecule has 0 aliphatic carbocycles. The molecule has 0 spiro atoms. The van der Waals surface area contributed by atoms with Gasteiger partial charge in [0.15, 0.2) is 6.10 Å². The SMILES string of the molecule is CC/C=C\C/C=C\C/C=C\C/C=C\C/C=C\CCC(=O)OCC(COC(=O)CCCCCCC/C=C\CCCC)OC(=O)CC/C=C\C/C=C\C/C=C\C/C=C\C/C=C\CC. The van der Waals surface area contributed by atoms with Gasteiger partial charge in [0.05, 0.1) is 0 Å². The zero-order valence-electron chi connectivity index (χ0n) is 38.6. The number of ether oxygens (including phenoxy) is 3. The molecule has 0 heterocycles. The third-order valence-electron chi connectivity index (χ3n) is 9.15. The Kier molecular flexibility index (Phi) is 44.7. The van der Waals surface area contributed by atoms with E-state index < -0.39 is 12.1 Å². The molecule has 0 radical (unpaired) electrons. The average molecular weight is 841 g/mol. The number of allylic oxidation sites excluding steroid dienone is 22. The van der Waals surface area contributed by atoms with E-state index in [2.05, 4.69) is 130 Å². The lowest BCUT2D eigenvalue weighted by atomic mass is 10.1. The Balaban J connectivity index is 4.65. The normalized spacial score (nSPS) is 13.3. The van der Waals surface area contributed by atoms with Crippen LogP contribution in [0.25, 0.3) is 0 Å². The molecule has 0 aromatic heterocycles. The second-order valence-electron chi connectivity index (χ2n) is 14.9. The Bertz CT molecular complexity index is 1380. The Morgan fingerprint density at radius 2 is 0.672 bits per heavy atom. The van der Waals surface area contributed by atoms with E-state index in [9.17, 15) is 14.4 Å². The lowest BCUT2D eigenvalue weighted by Crippen LogP contribution is -2.30. The maximum atomic E-state index is 12.7. The van der Waals surface area contributed by atoms with Gasteiger partial charge in [0, 0.05) is 19.3 Å². The first-order valence-corrected chi connectivity index (χ1v) is 23.7. The van der Waals surface area contributed by atoms with Gasteiger partial charge in [-0.1, -0.05) is 187 Å². The topological polar surface area (TPSA) is 78.9 Å². The van der Waals surface area contributed by atoms with E-state index in [-0.39, 0.29) is 38.0 Å². The second-order valence-corrected chi connectivity index (χ2v) is 14.9. The van der Waals surface area contributed by atoms with Crippen molar-refractivity contribution in [1.29, 1.82) is 0 Å². The fraction of sp³-hybridized carbons (Fsp3) is 0.545. The number of hydrogen-bond acceptors (Lipinski definition) is 6. The quantitative estimate of drug-likeness (QED) is 0.0265. The number of carbonyl (C=O) groups is 3. The van der Waals surface area contributed by atoms with Crippen LogP contribution in [0.1, 0.15) is 175 Å². The molecule has 0 aliphatic heterocycles. The van der Waals surface area contributed by atoms with E-state index in [0.717, 1.165) is 103 Å². The minimum atomic E-state index is -0.854. The van der Waals surface area contributed by atoms with Gasteiger partial charge in [0.1, 0.15) is 13.2 Å². The van der Waals surface area contributed by atoms with Gasteiger partial charge in [-0.25, -0.2) is 0 Å². The van der Waals surface area contributed by atoms with Gasteiger partial charge in [0.2, 0.25) is 0 Å². The summed E-state index contributed by atoms with van der Waals surface area (Å²) in [4.78, 5) is 37.8. The summed E-state index contributed by atoms with van der Waals surface area (Å²) in [5.41, 5.74) is 0. The van der Waals surface area contributed by atoms with Crippen molar-refractivity contribution in [2.45, 2.75) is 181 Å². The predicted octanol–water partition coefficient (Wildman–Crippen LogP) is 15.5. The largest absolute Gasteiger partial charge is 0.462 e. The number of esters is 3. The van der Waals surface area contributed by atoms with E-state index in [1.165, 1.54) is 19.3 Å². The molecule has 1 unspecified atom stereocenters.